The fourth-order valence-corrected chi connectivity index (χ4v) is 1.89. The number of nitrogens with zero attached hydrogens (tertiary/aromatic N) is 2. The Bertz CT molecular complexity index is 403. The third-order valence-electron chi connectivity index (χ3n) is 3.10. The van der Waals surface area contributed by atoms with Crippen molar-refractivity contribution < 1.29 is 14.7 Å². The number of amides is 1. The first-order valence-corrected chi connectivity index (χ1v) is 6.36. The van der Waals surface area contributed by atoms with Gasteiger partial charge >= 0.3 is 5.97 Å². The van der Waals surface area contributed by atoms with Crippen molar-refractivity contribution >= 4 is 11.9 Å². The highest BCUT2D eigenvalue weighted by Crippen LogP contribution is 2.20. The Balaban J connectivity index is 2.32. The van der Waals surface area contributed by atoms with Crippen molar-refractivity contribution in [1.82, 2.24) is 20.5 Å². The SMILES string of the molecule is CC(C)C(CCNC(=O)c1ncn[nH]1)CCC(=O)O. The van der Waals surface area contributed by atoms with Crippen molar-refractivity contribution in [2.45, 2.75) is 33.1 Å². The summed E-state index contributed by atoms with van der Waals surface area (Å²) in [6, 6.07) is 0. The molecule has 0 aromatic carbocycles. The van der Waals surface area contributed by atoms with Gasteiger partial charge in [0.25, 0.3) is 5.91 Å². The number of hydrogen-bond donors (Lipinski definition) is 3. The van der Waals surface area contributed by atoms with Crippen molar-refractivity contribution in [1.29, 1.82) is 0 Å². The Morgan fingerprint density at radius 1 is 1.42 bits per heavy atom. The second-order valence-electron chi connectivity index (χ2n) is 4.82. The summed E-state index contributed by atoms with van der Waals surface area (Å²) in [7, 11) is 0. The molecule has 1 aromatic rings. The number of aromatic amines is 1. The molecule has 7 heteroatoms. The Morgan fingerprint density at radius 2 is 2.16 bits per heavy atom. The third-order valence-corrected chi connectivity index (χ3v) is 3.10. The molecule has 0 spiro atoms. The van der Waals surface area contributed by atoms with Crippen LogP contribution in [0.2, 0.25) is 0 Å². The van der Waals surface area contributed by atoms with Crippen LogP contribution in [0.3, 0.4) is 0 Å². The maximum atomic E-state index is 11.6. The van der Waals surface area contributed by atoms with Crippen LogP contribution >= 0.6 is 0 Å². The molecular weight excluding hydrogens is 248 g/mol. The number of carbonyl (C=O) groups excluding carboxylic acids is 1. The van der Waals surface area contributed by atoms with Crippen LogP contribution in [0.1, 0.15) is 43.7 Å². The van der Waals surface area contributed by atoms with Crippen molar-refractivity contribution in [2.24, 2.45) is 11.8 Å². The molecule has 0 radical (unpaired) electrons. The van der Waals surface area contributed by atoms with Gasteiger partial charge in [-0.05, 0) is 24.7 Å². The highest BCUT2D eigenvalue weighted by Gasteiger charge is 2.16. The molecule has 0 aliphatic carbocycles. The fraction of sp³-hybridized carbons (Fsp3) is 0.667. The van der Waals surface area contributed by atoms with Crippen LogP contribution < -0.4 is 5.32 Å². The summed E-state index contributed by atoms with van der Waals surface area (Å²) in [5, 5.41) is 17.5. The number of carbonyl (C=O) groups is 2. The summed E-state index contributed by atoms with van der Waals surface area (Å²) in [6.07, 6.45) is 2.83. The van der Waals surface area contributed by atoms with Gasteiger partial charge in [0, 0.05) is 13.0 Å². The van der Waals surface area contributed by atoms with Crippen LogP contribution in [0, 0.1) is 11.8 Å². The third kappa shape index (κ3) is 5.50. The fourth-order valence-electron chi connectivity index (χ4n) is 1.89. The van der Waals surface area contributed by atoms with E-state index in [1.54, 1.807) is 0 Å². The molecule has 3 N–H and O–H groups in total. The first kappa shape index (κ1) is 15.1. The van der Waals surface area contributed by atoms with Crippen LogP contribution in [0.15, 0.2) is 6.33 Å². The van der Waals surface area contributed by atoms with Crippen molar-refractivity contribution in [3.05, 3.63) is 12.2 Å². The number of rotatable bonds is 8. The molecule has 1 rings (SSSR count). The largest absolute Gasteiger partial charge is 0.481 e. The molecule has 1 atom stereocenters. The van der Waals surface area contributed by atoms with E-state index in [-0.39, 0.29) is 24.1 Å². The Labute approximate surface area is 111 Å². The standard InChI is InChI=1S/C12H20N4O3/c1-8(2)9(3-4-10(17)18)5-6-13-12(19)11-14-7-15-16-11/h7-9H,3-6H2,1-2H3,(H,13,19)(H,17,18)(H,14,15,16). The second kappa shape index (κ2) is 7.50. The van der Waals surface area contributed by atoms with E-state index in [1.807, 2.05) is 0 Å². The highest BCUT2D eigenvalue weighted by molar-refractivity contribution is 5.90. The average molecular weight is 268 g/mol. The number of H-pyrrole nitrogens is 1. The lowest BCUT2D eigenvalue weighted by Gasteiger charge is -2.20. The molecule has 106 valence electrons. The van der Waals surface area contributed by atoms with Gasteiger partial charge in [-0.3, -0.25) is 14.7 Å². The van der Waals surface area contributed by atoms with Gasteiger partial charge < -0.3 is 10.4 Å². The van der Waals surface area contributed by atoms with Crippen LogP contribution in [-0.2, 0) is 4.79 Å². The first-order chi connectivity index (χ1) is 9.00. The monoisotopic (exact) mass is 268 g/mol. The quantitative estimate of drug-likeness (QED) is 0.653. The van der Waals surface area contributed by atoms with Crippen molar-refractivity contribution in [2.75, 3.05) is 6.54 Å². The van der Waals surface area contributed by atoms with E-state index >= 15 is 0 Å². The summed E-state index contributed by atoms with van der Waals surface area (Å²) in [6.45, 7) is 4.62. The lowest BCUT2D eigenvalue weighted by Crippen LogP contribution is -2.28. The van der Waals surface area contributed by atoms with E-state index < -0.39 is 5.97 Å². The Morgan fingerprint density at radius 3 is 2.68 bits per heavy atom. The second-order valence-corrected chi connectivity index (χ2v) is 4.82. The van der Waals surface area contributed by atoms with Crippen LogP contribution in [0.25, 0.3) is 0 Å². The molecule has 0 bridgehead atoms. The van der Waals surface area contributed by atoms with E-state index in [4.69, 9.17) is 5.11 Å². The predicted molar refractivity (Wildman–Crippen MR) is 68.5 cm³/mol. The van der Waals surface area contributed by atoms with Crippen molar-refractivity contribution in [3.8, 4) is 0 Å². The molecule has 1 aromatic heterocycles. The van der Waals surface area contributed by atoms with E-state index in [0.29, 0.717) is 18.9 Å². The van der Waals surface area contributed by atoms with E-state index in [0.717, 1.165) is 6.42 Å². The minimum absolute atomic E-state index is 0.166. The lowest BCUT2D eigenvalue weighted by molar-refractivity contribution is -0.137. The number of carboxylic acid groups (broad SMARTS) is 1. The predicted octanol–water partition coefficient (Wildman–Crippen LogP) is 1.06. The highest BCUT2D eigenvalue weighted by atomic mass is 16.4. The van der Waals surface area contributed by atoms with Crippen LogP contribution in [0.5, 0.6) is 0 Å². The molecule has 0 aliphatic rings. The molecule has 0 aliphatic heterocycles. The van der Waals surface area contributed by atoms with Crippen LogP contribution in [0.4, 0.5) is 0 Å². The topological polar surface area (TPSA) is 108 Å². The molecule has 19 heavy (non-hydrogen) atoms. The summed E-state index contributed by atoms with van der Waals surface area (Å²) < 4.78 is 0. The molecule has 0 saturated heterocycles. The van der Waals surface area contributed by atoms with Gasteiger partial charge in [0.15, 0.2) is 0 Å². The maximum Gasteiger partial charge on any atom is 0.303 e. The van der Waals surface area contributed by atoms with E-state index in [9.17, 15) is 9.59 Å². The number of aromatic nitrogens is 3. The number of carboxylic acids is 1. The normalized spacial score (nSPS) is 12.4. The zero-order valence-electron chi connectivity index (χ0n) is 11.2. The number of nitrogens with one attached hydrogen (secondary N) is 2. The van der Waals surface area contributed by atoms with Gasteiger partial charge in [-0.15, -0.1) is 0 Å². The van der Waals surface area contributed by atoms with Gasteiger partial charge in [-0.25, -0.2) is 4.98 Å². The van der Waals surface area contributed by atoms with Gasteiger partial charge in [0.05, 0.1) is 0 Å². The lowest BCUT2D eigenvalue weighted by atomic mass is 9.88. The molecule has 0 fully saturated rings. The molecule has 1 heterocycles. The molecular formula is C12H20N4O3. The molecule has 1 unspecified atom stereocenters. The zero-order valence-corrected chi connectivity index (χ0v) is 11.2. The molecule has 1 amide bonds. The van der Waals surface area contributed by atoms with E-state index in [2.05, 4.69) is 34.3 Å². The minimum atomic E-state index is -0.781. The number of aliphatic carboxylic acids is 1. The summed E-state index contributed by atoms with van der Waals surface area (Å²) in [5.74, 6) is -0.214. The van der Waals surface area contributed by atoms with E-state index in [1.165, 1.54) is 6.33 Å². The molecule has 0 saturated carbocycles. The van der Waals surface area contributed by atoms with Gasteiger partial charge in [0.1, 0.15) is 6.33 Å². The molecule has 7 nitrogen and oxygen atoms in total. The minimum Gasteiger partial charge on any atom is -0.481 e. The summed E-state index contributed by atoms with van der Waals surface area (Å²) in [4.78, 5) is 25.9. The van der Waals surface area contributed by atoms with Gasteiger partial charge in [0.2, 0.25) is 5.82 Å². The average Bonchev–Trinajstić information content (AvgIpc) is 2.86. The zero-order chi connectivity index (χ0) is 14.3. The van der Waals surface area contributed by atoms with Crippen LogP contribution in [-0.4, -0.2) is 38.7 Å². The first-order valence-electron chi connectivity index (χ1n) is 6.36. The van der Waals surface area contributed by atoms with Gasteiger partial charge in [-0.1, -0.05) is 13.8 Å². The Hall–Kier alpha value is -1.92. The van der Waals surface area contributed by atoms with Crippen molar-refractivity contribution in [3.63, 3.8) is 0 Å². The Kier molecular flexibility index (Phi) is 5.98. The van der Waals surface area contributed by atoms with Gasteiger partial charge in [-0.2, -0.15) is 5.10 Å². The smallest absolute Gasteiger partial charge is 0.303 e. The number of hydrogen-bond acceptors (Lipinski definition) is 4. The summed E-state index contributed by atoms with van der Waals surface area (Å²) >= 11 is 0. The summed E-state index contributed by atoms with van der Waals surface area (Å²) in [5.41, 5.74) is 0. The maximum absolute atomic E-state index is 11.6.